The molecule has 0 aliphatic rings. The molecule has 0 amide bonds. The minimum atomic E-state index is 1.04. The molecule has 0 saturated carbocycles. The molecule has 0 N–H and O–H groups in total. The lowest BCUT2D eigenvalue weighted by Crippen LogP contribution is -1.93. The van der Waals surface area contributed by atoms with E-state index in [9.17, 15) is 0 Å². The van der Waals surface area contributed by atoms with Gasteiger partial charge in [-0.1, -0.05) is 66.7 Å². The highest BCUT2D eigenvalue weighted by atomic mass is 32.1. The van der Waals surface area contributed by atoms with Crippen LogP contribution in [-0.2, 0) is 0 Å². The summed E-state index contributed by atoms with van der Waals surface area (Å²) >= 11 is 1.86. The third-order valence-electron chi connectivity index (χ3n) is 7.23. The zero-order valence-corrected chi connectivity index (χ0v) is 20.2. The van der Waals surface area contributed by atoms with E-state index in [1.54, 1.807) is 0 Å². The van der Waals surface area contributed by atoms with Crippen LogP contribution in [0.25, 0.3) is 69.7 Å². The van der Waals surface area contributed by atoms with E-state index in [2.05, 4.69) is 114 Å². The minimum Gasteiger partial charge on any atom is -0.308 e. The lowest BCUT2D eigenvalue weighted by Gasteiger charge is -2.10. The third kappa shape index (κ3) is 2.87. The fourth-order valence-electron chi connectivity index (χ4n) is 5.50. The van der Waals surface area contributed by atoms with Gasteiger partial charge >= 0.3 is 0 Å². The molecule has 0 aliphatic heterocycles. The van der Waals surface area contributed by atoms with E-state index in [1.807, 2.05) is 23.6 Å². The molecule has 5 aromatic carbocycles. The second-order valence-corrected chi connectivity index (χ2v) is 10.4. The minimum absolute atomic E-state index is 1.04. The summed E-state index contributed by atoms with van der Waals surface area (Å²) in [5, 5.41) is 6.35. The Morgan fingerprint density at radius 1 is 0.528 bits per heavy atom. The maximum absolute atomic E-state index is 4.80. The summed E-state index contributed by atoms with van der Waals surface area (Å²) in [7, 11) is 0. The second-order valence-electron chi connectivity index (χ2n) is 9.28. The first-order valence-electron chi connectivity index (χ1n) is 12.1. The monoisotopic (exact) mass is 476 g/mol. The molecule has 0 aliphatic carbocycles. The fourth-order valence-corrected chi connectivity index (χ4v) is 6.62. The number of aromatic nitrogens is 2. The molecule has 168 valence electrons. The number of benzene rings is 5. The molecule has 36 heavy (non-hydrogen) atoms. The largest absolute Gasteiger partial charge is 0.308 e. The number of pyridine rings is 1. The van der Waals surface area contributed by atoms with E-state index in [-0.39, 0.29) is 0 Å². The van der Waals surface area contributed by atoms with Crippen LogP contribution in [0.4, 0.5) is 0 Å². The summed E-state index contributed by atoms with van der Waals surface area (Å²) in [6.07, 6.45) is 1.89. The van der Waals surface area contributed by atoms with Gasteiger partial charge in [0.1, 0.15) is 0 Å². The number of nitrogens with zero attached hydrogens (tertiary/aromatic N) is 2. The van der Waals surface area contributed by atoms with Crippen molar-refractivity contribution < 1.29 is 0 Å². The van der Waals surface area contributed by atoms with Crippen molar-refractivity contribution in [3.8, 4) is 16.8 Å². The lowest BCUT2D eigenvalue weighted by molar-refractivity contribution is 1.18. The zero-order chi connectivity index (χ0) is 23.6. The van der Waals surface area contributed by atoms with Crippen molar-refractivity contribution in [1.29, 1.82) is 0 Å². The van der Waals surface area contributed by atoms with E-state index in [1.165, 1.54) is 53.0 Å². The van der Waals surface area contributed by atoms with E-state index in [4.69, 9.17) is 4.98 Å². The van der Waals surface area contributed by atoms with E-state index < -0.39 is 0 Å². The van der Waals surface area contributed by atoms with Crippen molar-refractivity contribution in [3.05, 3.63) is 121 Å². The molecule has 3 aromatic heterocycles. The maximum atomic E-state index is 4.80. The van der Waals surface area contributed by atoms with Crippen LogP contribution < -0.4 is 0 Å². The van der Waals surface area contributed by atoms with Crippen LogP contribution in [0.1, 0.15) is 0 Å². The Morgan fingerprint density at radius 2 is 1.33 bits per heavy atom. The highest BCUT2D eigenvalue weighted by molar-refractivity contribution is 7.25. The summed E-state index contributed by atoms with van der Waals surface area (Å²) in [5.41, 5.74) is 6.97. The van der Waals surface area contributed by atoms with Gasteiger partial charge in [-0.15, -0.1) is 11.3 Å². The van der Waals surface area contributed by atoms with Gasteiger partial charge in [-0.05, 0) is 70.4 Å². The van der Waals surface area contributed by atoms with Crippen LogP contribution in [0.5, 0.6) is 0 Å². The van der Waals surface area contributed by atoms with E-state index in [0.717, 1.165) is 16.7 Å². The summed E-state index contributed by atoms with van der Waals surface area (Å²) in [6.45, 7) is 0. The molecule has 8 rings (SSSR count). The third-order valence-corrected chi connectivity index (χ3v) is 8.36. The molecular weight excluding hydrogens is 456 g/mol. The molecule has 3 heteroatoms. The summed E-state index contributed by atoms with van der Waals surface area (Å²) in [5.74, 6) is 0. The quantitative estimate of drug-likeness (QED) is 0.243. The van der Waals surface area contributed by atoms with Gasteiger partial charge in [-0.25, -0.2) is 0 Å². The van der Waals surface area contributed by atoms with Gasteiger partial charge in [0.15, 0.2) is 0 Å². The normalized spacial score (nSPS) is 11.9. The highest BCUT2D eigenvalue weighted by Gasteiger charge is 2.16. The van der Waals surface area contributed by atoms with E-state index >= 15 is 0 Å². The highest BCUT2D eigenvalue weighted by Crippen LogP contribution is 2.40. The molecule has 0 atom stereocenters. The van der Waals surface area contributed by atoms with Crippen molar-refractivity contribution in [3.63, 3.8) is 0 Å². The SMILES string of the molecule is c1ccc2cc(-c3ccc(-n4c5cc6sc7ccccc7c6cc5c5ncccc54)cc3)ccc2c1. The van der Waals surface area contributed by atoms with Crippen LogP contribution >= 0.6 is 11.3 Å². The van der Waals surface area contributed by atoms with Gasteiger partial charge in [0.2, 0.25) is 0 Å². The Labute approximate surface area is 211 Å². The Kier molecular flexibility index (Phi) is 4.13. The summed E-state index contributed by atoms with van der Waals surface area (Å²) in [6, 6.07) is 41.6. The average Bonchev–Trinajstić information content (AvgIpc) is 3.46. The van der Waals surface area contributed by atoms with Crippen molar-refractivity contribution in [2.45, 2.75) is 0 Å². The summed E-state index contributed by atoms with van der Waals surface area (Å²) < 4.78 is 4.98. The molecule has 0 saturated heterocycles. The molecular formula is C33H20N2S. The zero-order valence-electron chi connectivity index (χ0n) is 19.3. The molecule has 3 heterocycles. The Balaban J connectivity index is 1.34. The molecule has 0 radical (unpaired) electrons. The molecule has 8 aromatic rings. The molecule has 0 spiro atoms. The smallest absolute Gasteiger partial charge is 0.0963 e. The maximum Gasteiger partial charge on any atom is 0.0963 e. The predicted octanol–water partition coefficient (Wildman–Crippen LogP) is 9.37. The Bertz CT molecular complexity index is 2100. The van der Waals surface area contributed by atoms with Crippen LogP contribution in [0.2, 0.25) is 0 Å². The number of hydrogen-bond donors (Lipinski definition) is 0. The van der Waals surface area contributed by atoms with Crippen LogP contribution in [0.3, 0.4) is 0 Å². The first-order chi connectivity index (χ1) is 17.8. The van der Waals surface area contributed by atoms with Crippen LogP contribution in [0.15, 0.2) is 121 Å². The van der Waals surface area contributed by atoms with Gasteiger partial charge in [-0.2, -0.15) is 0 Å². The predicted molar refractivity (Wildman–Crippen MR) is 154 cm³/mol. The summed E-state index contributed by atoms with van der Waals surface area (Å²) in [4.78, 5) is 4.80. The fraction of sp³-hybridized carbons (Fsp3) is 0. The van der Waals surface area contributed by atoms with Crippen molar-refractivity contribution in [2.24, 2.45) is 0 Å². The Hall–Kier alpha value is -4.47. The standard InChI is InChI=1S/C33H20N2S/c1-2-7-23-18-24(12-11-21(23)6-1)22-13-15-25(16-14-22)35-29-9-5-17-34-33(29)28-19-27-26-8-3-4-10-31(26)36-32(27)20-30(28)35/h1-20H. The number of hydrogen-bond acceptors (Lipinski definition) is 2. The van der Waals surface area contributed by atoms with Crippen molar-refractivity contribution >= 4 is 64.2 Å². The van der Waals surface area contributed by atoms with Crippen molar-refractivity contribution in [1.82, 2.24) is 9.55 Å². The molecule has 2 nitrogen and oxygen atoms in total. The lowest BCUT2D eigenvalue weighted by atomic mass is 10.0. The van der Waals surface area contributed by atoms with E-state index in [0.29, 0.717) is 0 Å². The molecule has 0 unspecified atom stereocenters. The Morgan fingerprint density at radius 3 is 2.25 bits per heavy atom. The van der Waals surface area contributed by atoms with Gasteiger partial charge in [-0.3, -0.25) is 4.98 Å². The van der Waals surface area contributed by atoms with Crippen LogP contribution in [0, 0.1) is 0 Å². The number of thiophene rings is 1. The first kappa shape index (κ1) is 19.8. The van der Waals surface area contributed by atoms with Gasteiger partial charge in [0.05, 0.1) is 16.6 Å². The first-order valence-corrected chi connectivity index (χ1v) is 13.0. The number of rotatable bonds is 2. The average molecular weight is 477 g/mol. The van der Waals surface area contributed by atoms with Crippen molar-refractivity contribution in [2.75, 3.05) is 0 Å². The van der Waals surface area contributed by atoms with Crippen LogP contribution in [-0.4, -0.2) is 9.55 Å². The second kappa shape index (κ2) is 7.51. The van der Waals surface area contributed by atoms with Gasteiger partial charge in [0, 0.05) is 37.4 Å². The molecule has 0 fully saturated rings. The van der Waals surface area contributed by atoms with Gasteiger partial charge < -0.3 is 4.57 Å². The topological polar surface area (TPSA) is 17.8 Å². The number of fused-ring (bicyclic) bond motifs is 7. The van der Waals surface area contributed by atoms with Gasteiger partial charge in [0.25, 0.3) is 0 Å². The molecule has 0 bridgehead atoms.